The van der Waals surface area contributed by atoms with E-state index in [1.165, 1.54) is 17.4 Å². The van der Waals surface area contributed by atoms with E-state index >= 15 is 0 Å². The summed E-state index contributed by atoms with van der Waals surface area (Å²) in [5.41, 5.74) is 1.71. The molecule has 1 aliphatic rings. The molecule has 1 aliphatic carbocycles. The van der Waals surface area contributed by atoms with E-state index in [0.717, 1.165) is 29.8 Å². The number of hydrogen-bond donors (Lipinski definition) is 1. The van der Waals surface area contributed by atoms with E-state index in [1.54, 1.807) is 24.4 Å². The predicted molar refractivity (Wildman–Crippen MR) is 98.3 cm³/mol. The standard InChI is InChI=1S/C19H16FN5S/c20-15-6-2-9-22-16(15)19(7-3-8-19)12-23-18-25-24-17(26-18)14-5-1-4-13(10-14)11-21/h1-2,4-6,9-10H,3,7-8,12H2,(H,23,25). The van der Waals surface area contributed by atoms with Crippen LogP contribution in [-0.4, -0.2) is 21.7 Å². The largest absolute Gasteiger partial charge is 0.359 e. The average Bonchev–Trinajstić information content (AvgIpc) is 3.11. The summed E-state index contributed by atoms with van der Waals surface area (Å²) >= 11 is 1.42. The van der Waals surface area contributed by atoms with E-state index in [-0.39, 0.29) is 11.2 Å². The molecule has 5 nitrogen and oxygen atoms in total. The number of halogens is 1. The third-order valence-corrected chi connectivity index (χ3v) is 5.74. The minimum atomic E-state index is -0.280. The van der Waals surface area contributed by atoms with Crippen molar-refractivity contribution in [1.29, 1.82) is 5.26 Å². The minimum Gasteiger partial charge on any atom is -0.359 e. The van der Waals surface area contributed by atoms with Crippen molar-refractivity contribution in [3.63, 3.8) is 0 Å². The van der Waals surface area contributed by atoms with E-state index in [9.17, 15) is 4.39 Å². The third kappa shape index (κ3) is 3.04. The molecular weight excluding hydrogens is 349 g/mol. The summed E-state index contributed by atoms with van der Waals surface area (Å²) in [6.07, 6.45) is 4.53. The van der Waals surface area contributed by atoms with E-state index in [1.807, 2.05) is 12.1 Å². The van der Waals surface area contributed by atoms with Gasteiger partial charge in [-0.15, -0.1) is 10.2 Å². The summed E-state index contributed by atoms with van der Waals surface area (Å²) in [6.45, 7) is 0.577. The maximum absolute atomic E-state index is 14.2. The fourth-order valence-electron chi connectivity index (χ4n) is 3.25. The summed E-state index contributed by atoms with van der Waals surface area (Å²) in [7, 11) is 0. The summed E-state index contributed by atoms with van der Waals surface area (Å²) in [6, 6.07) is 12.5. The van der Waals surface area contributed by atoms with Crippen LogP contribution in [0.4, 0.5) is 9.52 Å². The van der Waals surface area contributed by atoms with Crippen LogP contribution >= 0.6 is 11.3 Å². The number of aromatic nitrogens is 3. The lowest BCUT2D eigenvalue weighted by Crippen LogP contribution is -2.42. The van der Waals surface area contributed by atoms with Crippen molar-refractivity contribution in [1.82, 2.24) is 15.2 Å². The Morgan fingerprint density at radius 1 is 1.23 bits per heavy atom. The Morgan fingerprint density at radius 2 is 2.12 bits per heavy atom. The van der Waals surface area contributed by atoms with Crippen molar-refractivity contribution in [3.8, 4) is 16.6 Å². The Hall–Kier alpha value is -2.85. The molecule has 2 aromatic heterocycles. The molecule has 1 N–H and O–H groups in total. The lowest BCUT2D eigenvalue weighted by atomic mass is 9.66. The predicted octanol–water partition coefficient (Wildman–Crippen LogP) is 4.14. The molecule has 0 unspecified atom stereocenters. The number of nitriles is 1. The zero-order valence-electron chi connectivity index (χ0n) is 13.9. The number of rotatable bonds is 5. The fraction of sp³-hybridized carbons (Fsp3) is 0.263. The molecule has 130 valence electrons. The maximum atomic E-state index is 14.2. The molecule has 0 radical (unpaired) electrons. The van der Waals surface area contributed by atoms with Crippen LogP contribution in [-0.2, 0) is 5.41 Å². The average molecular weight is 365 g/mol. The molecule has 1 fully saturated rings. The van der Waals surface area contributed by atoms with Crippen molar-refractivity contribution in [2.24, 2.45) is 0 Å². The summed E-state index contributed by atoms with van der Waals surface area (Å²) in [4.78, 5) is 4.28. The highest BCUT2D eigenvalue weighted by atomic mass is 32.1. The van der Waals surface area contributed by atoms with Crippen LogP contribution in [0.25, 0.3) is 10.6 Å². The molecule has 0 saturated heterocycles. The Bertz CT molecular complexity index is 974. The second kappa shape index (κ2) is 6.81. The van der Waals surface area contributed by atoms with Crippen LogP contribution in [0.5, 0.6) is 0 Å². The molecule has 4 rings (SSSR count). The van der Waals surface area contributed by atoms with Crippen molar-refractivity contribution in [3.05, 3.63) is 59.7 Å². The van der Waals surface area contributed by atoms with Gasteiger partial charge in [0.25, 0.3) is 0 Å². The van der Waals surface area contributed by atoms with E-state index in [0.29, 0.717) is 22.9 Å². The molecule has 0 bridgehead atoms. The van der Waals surface area contributed by atoms with Gasteiger partial charge in [-0.3, -0.25) is 4.98 Å². The molecule has 7 heteroatoms. The Kier molecular flexibility index (Phi) is 4.35. The molecule has 0 spiro atoms. The van der Waals surface area contributed by atoms with Crippen LogP contribution in [0.2, 0.25) is 0 Å². The first-order chi connectivity index (χ1) is 12.7. The van der Waals surface area contributed by atoms with Gasteiger partial charge in [-0.1, -0.05) is 29.9 Å². The highest BCUT2D eigenvalue weighted by molar-refractivity contribution is 7.18. The van der Waals surface area contributed by atoms with Crippen molar-refractivity contribution < 1.29 is 4.39 Å². The summed E-state index contributed by atoms with van der Waals surface area (Å²) in [5, 5.41) is 22.1. The van der Waals surface area contributed by atoms with Gasteiger partial charge in [0, 0.05) is 23.7 Å². The second-order valence-electron chi connectivity index (χ2n) is 6.43. The van der Waals surface area contributed by atoms with Gasteiger partial charge in [0.15, 0.2) is 0 Å². The molecule has 26 heavy (non-hydrogen) atoms. The number of nitrogens with one attached hydrogen (secondary N) is 1. The molecule has 3 aromatic rings. The van der Waals surface area contributed by atoms with Gasteiger partial charge in [-0.2, -0.15) is 5.26 Å². The van der Waals surface area contributed by atoms with Crippen LogP contribution in [0, 0.1) is 17.1 Å². The van der Waals surface area contributed by atoms with Gasteiger partial charge in [0.1, 0.15) is 10.8 Å². The number of pyridine rings is 1. The number of nitrogens with zero attached hydrogens (tertiary/aromatic N) is 4. The van der Waals surface area contributed by atoms with E-state index in [4.69, 9.17) is 5.26 Å². The van der Waals surface area contributed by atoms with Crippen LogP contribution in [0.3, 0.4) is 0 Å². The fourth-order valence-corrected chi connectivity index (χ4v) is 3.99. The van der Waals surface area contributed by atoms with Gasteiger partial charge in [0.2, 0.25) is 5.13 Å². The first-order valence-corrected chi connectivity index (χ1v) is 9.21. The molecule has 0 atom stereocenters. The Labute approximate surface area is 154 Å². The zero-order valence-corrected chi connectivity index (χ0v) is 14.8. The molecule has 1 aromatic carbocycles. The molecule has 0 aliphatic heterocycles. The highest BCUT2D eigenvalue weighted by Crippen LogP contribution is 2.44. The first kappa shape index (κ1) is 16.6. The van der Waals surface area contributed by atoms with E-state index in [2.05, 4.69) is 26.6 Å². The van der Waals surface area contributed by atoms with Crippen LogP contribution in [0.15, 0.2) is 42.6 Å². The van der Waals surface area contributed by atoms with Gasteiger partial charge in [-0.05, 0) is 37.1 Å². The molecule has 1 saturated carbocycles. The summed E-state index contributed by atoms with van der Waals surface area (Å²) < 4.78 is 14.2. The Balaban J connectivity index is 1.51. The van der Waals surface area contributed by atoms with Crippen molar-refractivity contribution in [2.75, 3.05) is 11.9 Å². The van der Waals surface area contributed by atoms with E-state index < -0.39 is 0 Å². The highest BCUT2D eigenvalue weighted by Gasteiger charge is 2.41. The lowest BCUT2D eigenvalue weighted by Gasteiger charge is -2.41. The normalized spacial score (nSPS) is 15.1. The second-order valence-corrected chi connectivity index (χ2v) is 7.40. The summed E-state index contributed by atoms with van der Waals surface area (Å²) in [5.74, 6) is -0.250. The number of benzene rings is 1. The van der Waals surface area contributed by atoms with Gasteiger partial charge >= 0.3 is 0 Å². The SMILES string of the molecule is N#Cc1cccc(-c2nnc(NCC3(c4ncccc4F)CCC3)s2)c1. The molecule has 2 heterocycles. The number of hydrogen-bond acceptors (Lipinski definition) is 6. The maximum Gasteiger partial charge on any atom is 0.206 e. The van der Waals surface area contributed by atoms with Gasteiger partial charge in [0.05, 0.1) is 17.3 Å². The minimum absolute atomic E-state index is 0.250. The van der Waals surface area contributed by atoms with Crippen LogP contribution < -0.4 is 5.32 Å². The lowest BCUT2D eigenvalue weighted by molar-refractivity contribution is 0.243. The van der Waals surface area contributed by atoms with Crippen LogP contribution in [0.1, 0.15) is 30.5 Å². The topological polar surface area (TPSA) is 74.5 Å². The van der Waals surface area contributed by atoms with Crippen molar-refractivity contribution in [2.45, 2.75) is 24.7 Å². The van der Waals surface area contributed by atoms with Gasteiger partial charge < -0.3 is 5.32 Å². The monoisotopic (exact) mass is 365 g/mol. The number of anilines is 1. The third-order valence-electron chi connectivity index (χ3n) is 4.81. The van der Waals surface area contributed by atoms with Crippen molar-refractivity contribution >= 4 is 16.5 Å². The van der Waals surface area contributed by atoms with Gasteiger partial charge in [-0.25, -0.2) is 4.39 Å². The zero-order chi connectivity index (χ0) is 18.0. The molecule has 0 amide bonds. The molecular formula is C19H16FN5S. The quantitative estimate of drug-likeness (QED) is 0.735. The smallest absolute Gasteiger partial charge is 0.206 e. The Morgan fingerprint density at radius 3 is 2.85 bits per heavy atom. The first-order valence-electron chi connectivity index (χ1n) is 8.39.